The highest BCUT2D eigenvalue weighted by Gasteiger charge is 2.03. The Hall–Kier alpha value is -1.24. The van der Waals surface area contributed by atoms with Crippen LogP contribution in [0.4, 0.5) is 0 Å². The van der Waals surface area contributed by atoms with Gasteiger partial charge in [-0.3, -0.25) is 0 Å². The number of fused-ring (bicyclic) bond motifs is 1. The Morgan fingerprint density at radius 3 is 2.69 bits per heavy atom. The number of nitrogens with zero attached hydrogens (tertiary/aromatic N) is 1. The third kappa shape index (κ3) is 1.15. The lowest BCUT2D eigenvalue weighted by Crippen LogP contribution is -1.92. The van der Waals surface area contributed by atoms with E-state index in [0.717, 1.165) is 6.42 Å². The summed E-state index contributed by atoms with van der Waals surface area (Å²) in [5.41, 5.74) is 5.50. The molecule has 0 amide bonds. The molecule has 2 rings (SSSR count). The van der Waals surface area contributed by atoms with Crippen molar-refractivity contribution in [3.8, 4) is 0 Å². The average molecular weight is 173 g/mol. The van der Waals surface area contributed by atoms with Gasteiger partial charge in [-0.25, -0.2) is 0 Å². The van der Waals surface area contributed by atoms with Gasteiger partial charge in [0.2, 0.25) is 0 Å². The van der Waals surface area contributed by atoms with Crippen molar-refractivity contribution in [3.05, 3.63) is 41.2 Å². The zero-order chi connectivity index (χ0) is 9.42. The van der Waals surface area contributed by atoms with Gasteiger partial charge in [-0.05, 0) is 43.5 Å². The third-order valence-corrected chi connectivity index (χ3v) is 2.77. The van der Waals surface area contributed by atoms with Crippen molar-refractivity contribution >= 4 is 5.52 Å². The summed E-state index contributed by atoms with van der Waals surface area (Å²) in [6.07, 6.45) is 3.31. The molecule has 0 aliphatic rings. The van der Waals surface area contributed by atoms with E-state index in [1.165, 1.54) is 22.3 Å². The zero-order valence-corrected chi connectivity index (χ0v) is 8.46. The first kappa shape index (κ1) is 8.36. The molecule has 0 saturated carbocycles. The first-order chi connectivity index (χ1) is 6.24. The van der Waals surface area contributed by atoms with Crippen LogP contribution in [-0.2, 0) is 6.42 Å². The first-order valence-corrected chi connectivity index (χ1v) is 4.80. The quantitative estimate of drug-likeness (QED) is 0.624. The number of hydrogen-bond donors (Lipinski definition) is 0. The molecule has 0 fully saturated rings. The Labute approximate surface area is 79.0 Å². The van der Waals surface area contributed by atoms with E-state index in [-0.39, 0.29) is 0 Å². The van der Waals surface area contributed by atoms with Gasteiger partial charge in [0.1, 0.15) is 0 Å². The Bertz CT molecular complexity index is 438. The molecule has 68 valence electrons. The Morgan fingerprint density at radius 2 is 2.00 bits per heavy atom. The molecule has 0 bridgehead atoms. The normalized spacial score (nSPS) is 11.0. The lowest BCUT2D eigenvalue weighted by molar-refractivity contribution is 0.981. The van der Waals surface area contributed by atoms with Crippen molar-refractivity contribution in [1.82, 2.24) is 4.40 Å². The van der Waals surface area contributed by atoms with Gasteiger partial charge in [-0.1, -0.05) is 13.0 Å². The molecule has 2 aromatic rings. The summed E-state index contributed by atoms with van der Waals surface area (Å²) >= 11 is 0. The van der Waals surface area contributed by atoms with Crippen LogP contribution >= 0.6 is 0 Å². The Balaban J connectivity index is 2.84. The molecule has 0 unspecified atom stereocenters. The van der Waals surface area contributed by atoms with Crippen molar-refractivity contribution < 1.29 is 0 Å². The summed E-state index contributed by atoms with van der Waals surface area (Å²) in [7, 11) is 0. The van der Waals surface area contributed by atoms with Gasteiger partial charge in [0.05, 0.1) is 0 Å². The standard InChI is InChI=1S/C12H15N/c1-4-11-6-5-7-12-10(3)9(2)8-13(11)12/h5-8H,4H2,1-3H3. The maximum Gasteiger partial charge on any atom is 0.0484 e. The second kappa shape index (κ2) is 2.91. The molecule has 2 aromatic heterocycles. The van der Waals surface area contributed by atoms with Crippen LogP contribution in [0.1, 0.15) is 23.7 Å². The van der Waals surface area contributed by atoms with Crippen LogP contribution in [0.3, 0.4) is 0 Å². The van der Waals surface area contributed by atoms with E-state index in [1.807, 2.05) is 0 Å². The van der Waals surface area contributed by atoms with Gasteiger partial charge in [0.15, 0.2) is 0 Å². The molecule has 0 spiro atoms. The Morgan fingerprint density at radius 1 is 1.23 bits per heavy atom. The zero-order valence-electron chi connectivity index (χ0n) is 8.46. The number of rotatable bonds is 1. The number of hydrogen-bond acceptors (Lipinski definition) is 0. The molecular formula is C12H15N. The number of aromatic nitrogens is 1. The minimum absolute atomic E-state index is 1.09. The monoisotopic (exact) mass is 173 g/mol. The highest BCUT2D eigenvalue weighted by Crippen LogP contribution is 2.18. The fraction of sp³-hybridized carbons (Fsp3) is 0.333. The van der Waals surface area contributed by atoms with E-state index in [9.17, 15) is 0 Å². The second-order valence-electron chi connectivity index (χ2n) is 3.56. The third-order valence-electron chi connectivity index (χ3n) is 2.77. The predicted octanol–water partition coefficient (Wildman–Crippen LogP) is 3.12. The van der Waals surface area contributed by atoms with Crippen LogP contribution in [0.2, 0.25) is 0 Å². The van der Waals surface area contributed by atoms with Crippen LogP contribution in [0.25, 0.3) is 5.52 Å². The fourth-order valence-electron chi connectivity index (χ4n) is 1.80. The van der Waals surface area contributed by atoms with Gasteiger partial charge >= 0.3 is 0 Å². The van der Waals surface area contributed by atoms with Crippen LogP contribution in [0.15, 0.2) is 24.4 Å². The molecule has 0 atom stereocenters. The molecule has 2 heterocycles. The molecular weight excluding hydrogens is 158 g/mol. The lowest BCUT2D eigenvalue weighted by Gasteiger charge is -2.02. The van der Waals surface area contributed by atoms with Crippen molar-refractivity contribution in [2.24, 2.45) is 0 Å². The van der Waals surface area contributed by atoms with Gasteiger partial charge in [0.25, 0.3) is 0 Å². The topological polar surface area (TPSA) is 4.41 Å². The highest BCUT2D eigenvalue weighted by molar-refractivity contribution is 5.59. The van der Waals surface area contributed by atoms with Crippen LogP contribution in [0.5, 0.6) is 0 Å². The maximum atomic E-state index is 2.30. The number of aryl methyl sites for hydroxylation is 3. The van der Waals surface area contributed by atoms with Gasteiger partial charge < -0.3 is 4.40 Å². The van der Waals surface area contributed by atoms with E-state index < -0.39 is 0 Å². The molecule has 0 saturated heterocycles. The highest BCUT2D eigenvalue weighted by atomic mass is 14.9. The minimum atomic E-state index is 1.09. The molecule has 13 heavy (non-hydrogen) atoms. The van der Waals surface area contributed by atoms with Gasteiger partial charge in [-0.15, -0.1) is 0 Å². The van der Waals surface area contributed by atoms with Crippen molar-refractivity contribution in [3.63, 3.8) is 0 Å². The average Bonchev–Trinajstić information content (AvgIpc) is 2.43. The molecule has 1 heteroatoms. The summed E-state index contributed by atoms with van der Waals surface area (Å²) in [4.78, 5) is 0. The molecule has 0 aromatic carbocycles. The van der Waals surface area contributed by atoms with E-state index in [1.54, 1.807) is 0 Å². The summed E-state index contributed by atoms with van der Waals surface area (Å²) in [6.45, 7) is 6.55. The molecule has 1 nitrogen and oxygen atoms in total. The molecule has 0 aliphatic carbocycles. The molecule has 0 N–H and O–H groups in total. The van der Waals surface area contributed by atoms with E-state index in [0.29, 0.717) is 0 Å². The summed E-state index contributed by atoms with van der Waals surface area (Å²) in [5, 5.41) is 0. The summed E-state index contributed by atoms with van der Waals surface area (Å²) < 4.78 is 2.30. The maximum absolute atomic E-state index is 2.30. The molecule has 0 aliphatic heterocycles. The van der Waals surface area contributed by atoms with E-state index >= 15 is 0 Å². The van der Waals surface area contributed by atoms with E-state index in [4.69, 9.17) is 0 Å². The first-order valence-electron chi connectivity index (χ1n) is 4.80. The van der Waals surface area contributed by atoms with Crippen molar-refractivity contribution in [2.75, 3.05) is 0 Å². The molecule has 0 radical (unpaired) electrons. The van der Waals surface area contributed by atoms with Gasteiger partial charge in [-0.2, -0.15) is 0 Å². The fourth-order valence-corrected chi connectivity index (χ4v) is 1.80. The summed E-state index contributed by atoms with van der Waals surface area (Å²) in [5.74, 6) is 0. The lowest BCUT2D eigenvalue weighted by atomic mass is 10.2. The van der Waals surface area contributed by atoms with Crippen LogP contribution < -0.4 is 0 Å². The second-order valence-corrected chi connectivity index (χ2v) is 3.56. The SMILES string of the molecule is CCc1cccc2c(C)c(C)cn12. The predicted molar refractivity (Wildman–Crippen MR) is 56.2 cm³/mol. The van der Waals surface area contributed by atoms with Gasteiger partial charge in [0, 0.05) is 17.4 Å². The van der Waals surface area contributed by atoms with E-state index in [2.05, 4.69) is 49.6 Å². The smallest absolute Gasteiger partial charge is 0.0484 e. The minimum Gasteiger partial charge on any atom is -0.320 e. The van der Waals surface area contributed by atoms with Crippen LogP contribution in [0, 0.1) is 13.8 Å². The van der Waals surface area contributed by atoms with Crippen molar-refractivity contribution in [1.29, 1.82) is 0 Å². The summed E-state index contributed by atoms with van der Waals surface area (Å²) in [6, 6.07) is 6.51. The van der Waals surface area contributed by atoms with Crippen LogP contribution in [-0.4, -0.2) is 4.40 Å². The van der Waals surface area contributed by atoms with Crippen molar-refractivity contribution in [2.45, 2.75) is 27.2 Å². The number of pyridine rings is 1. The largest absolute Gasteiger partial charge is 0.320 e. The Kier molecular flexibility index (Phi) is 1.87.